The van der Waals surface area contributed by atoms with Crippen molar-refractivity contribution in [2.24, 2.45) is 0 Å². The summed E-state index contributed by atoms with van der Waals surface area (Å²) >= 11 is 0. The van der Waals surface area contributed by atoms with Gasteiger partial charge in [-0.1, -0.05) is 41.5 Å². The molecule has 0 bridgehead atoms. The van der Waals surface area contributed by atoms with Crippen LogP contribution in [0, 0.1) is 0 Å². The van der Waals surface area contributed by atoms with E-state index < -0.39 is 0 Å². The predicted octanol–water partition coefficient (Wildman–Crippen LogP) is 2.88. The molecule has 1 saturated heterocycles. The molecule has 19 heavy (non-hydrogen) atoms. The Kier molecular flexibility index (Phi) is 3.56. The van der Waals surface area contributed by atoms with Crippen molar-refractivity contribution in [3.05, 3.63) is 17.6 Å². The highest BCUT2D eigenvalue weighted by Crippen LogP contribution is 2.27. The predicted molar refractivity (Wildman–Crippen MR) is 77.7 cm³/mol. The van der Waals surface area contributed by atoms with Crippen LogP contribution < -0.4 is 5.32 Å². The van der Waals surface area contributed by atoms with Crippen LogP contribution in [0.1, 0.15) is 53.1 Å². The zero-order chi connectivity index (χ0) is 14.3. The monoisotopic (exact) mass is 263 g/mol. The summed E-state index contributed by atoms with van der Waals surface area (Å²) in [4.78, 5) is 9.41. The number of ether oxygens (including phenoxy) is 1. The van der Waals surface area contributed by atoms with Gasteiger partial charge in [0, 0.05) is 16.9 Å². The van der Waals surface area contributed by atoms with Crippen LogP contribution in [0.2, 0.25) is 0 Å². The number of anilines is 1. The van der Waals surface area contributed by atoms with Crippen LogP contribution >= 0.6 is 0 Å². The fourth-order valence-corrected chi connectivity index (χ4v) is 1.77. The van der Waals surface area contributed by atoms with E-state index in [1.165, 1.54) is 0 Å². The average Bonchev–Trinajstić information content (AvgIpc) is 2.21. The van der Waals surface area contributed by atoms with Crippen molar-refractivity contribution in [3.8, 4) is 0 Å². The van der Waals surface area contributed by atoms with E-state index in [0.717, 1.165) is 30.5 Å². The maximum atomic E-state index is 5.20. The molecule has 1 N–H and O–H groups in total. The molecule has 2 rings (SSSR count). The van der Waals surface area contributed by atoms with Crippen LogP contribution in [0.3, 0.4) is 0 Å². The van der Waals surface area contributed by atoms with Gasteiger partial charge in [0.2, 0.25) is 0 Å². The summed E-state index contributed by atoms with van der Waals surface area (Å²) in [5, 5.41) is 3.43. The summed E-state index contributed by atoms with van der Waals surface area (Å²) in [7, 11) is 0. The number of nitrogens with zero attached hydrogens (tertiary/aromatic N) is 2. The lowest BCUT2D eigenvalue weighted by Gasteiger charge is -2.29. The Hall–Kier alpha value is -1.16. The minimum atomic E-state index is -0.0478. The van der Waals surface area contributed by atoms with Gasteiger partial charge in [-0.3, -0.25) is 0 Å². The second kappa shape index (κ2) is 4.75. The van der Waals surface area contributed by atoms with Gasteiger partial charge in [-0.25, -0.2) is 9.97 Å². The second-order valence-electron chi connectivity index (χ2n) is 7.34. The van der Waals surface area contributed by atoms with Crippen molar-refractivity contribution in [2.45, 2.75) is 58.4 Å². The molecule has 1 aliphatic rings. The molecule has 4 heteroatoms. The first-order chi connectivity index (χ1) is 8.66. The Balaban J connectivity index is 2.36. The molecule has 0 aliphatic carbocycles. The molecule has 4 nitrogen and oxygen atoms in total. The number of aromatic nitrogens is 2. The van der Waals surface area contributed by atoms with Crippen molar-refractivity contribution in [3.63, 3.8) is 0 Å². The van der Waals surface area contributed by atoms with Gasteiger partial charge in [-0.05, 0) is 0 Å². The van der Waals surface area contributed by atoms with Crippen molar-refractivity contribution in [2.75, 3.05) is 18.5 Å². The Morgan fingerprint density at radius 3 is 2.11 bits per heavy atom. The quantitative estimate of drug-likeness (QED) is 0.891. The fourth-order valence-electron chi connectivity index (χ4n) is 1.77. The van der Waals surface area contributed by atoms with E-state index in [-0.39, 0.29) is 10.8 Å². The third kappa shape index (κ3) is 3.44. The van der Waals surface area contributed by atoms with E-state index in [1.54, 1.807) is 0 Å². The lowest BCUT2D eigenvalue weighted by atomic mass is 9.90. The first-order valence-corrected chi connectivity index (χ1v) is 6.90. The van der Waals surface area contributed by atoms with Crippen LogP contribution in [0.25, 0.3) is 0 Å². The van der Waals surface area contributed by atoms with Gasteiger partial charge in [0.25, 0.3) is 0 Å². The van der Waals surface area contributed by atoms with Gasteiger partial charge in [0.1, 0.15) is 11.6 Å². The Morgan fingerprint density at radius 2 is 1.68 bits per heavy atom. The van der Waals surface area contributed by atoms with Crippen LogP contribution in [-0.2, 0) is 15.6 Å². The first-order valence-electron chi connectivity index (χ1n) is 6.90. The first kappa shape index (κ1) is 14.3. The molecule has 1 fully saturated rings. The molecule has 2 heterocycles. The molecule has 0 amide bonds. The van der Waals surface area contributed by atoms with Crippen LogP contribution in [0.4, 0.5) is 5.82 Å². The molecule has 106 valence electrons. The molecule has 0 aromatic carbocycles. The normalized spacial score (nSPS) is 17.2. The zero-order valence-electron chi connectivity index (χ0n) is 12.9. The highest BCUT2D eigenvalue weighted by atomic mass is 16.5. The van der Waals surface area contributed by atoms with Gasteiger partial charge in [0.15, 0.2) is 0 Å². The highest BCUT2D eigenvalue weighted by Gasteiger charge is 2.25. The molecule has 0 atom stereocenters. The van der Waals surface area contributed by atoms with Crippen molar-refractivity contribution in [1.82, 2.24) is 9.97 Å². The average molecular weight is 263 g/mol. The van der Waals surface area contributed by atoms with Crippen LogP contribution in [0.15, 0.2) is 6.07 Å². The molecule has 1 aromatic heterocycles. The largest absolute Gasteiger partial charge is 0.377 e. The maximum Gasteiger partial charge on any atom is 0.136 e. The van der Waals surface area contributed by atoms with Gasteiger partial charge in [-0.15, -0.1) is 0 Å². The zero-order valence-corrected chi connectivity index (χ0v) is 12.9. The topological polar surface area (TPSA) is 47.0 Å². The molecule has 0 unspecified atom stereocenters. The van der Waals surface area contributed by atoms with E-state index in [2.05, 4.69) is 57.9 Å². The Bertz CT molecular complexity index is 421. The minimum absolute atomic E-state index is 0.0233. The summed E-state index contributed by atoms with van der Waals surface area (Å²) < 4.78 is 5.20. The number of hydrogen-bond acceptors (Lipinski definition) is 4. The molecule has 0 radical (unpaired) electrons. The summed E-state index contributed by atoms with van der Waals surface area (Å²) in [6.07, 6.45) is 0. The third-order valence-electron chi connectivity index (χ3n) is 3.16. The van der Waals surface area contributed by atoms with Crippen molar-refractivity contribution < 1.29 is 4.74 Å². The lowest BCUT2D eigenvalue weighted by molar-refractivity contribution is 0.0209. The van der Waals surface area contributed by atoms with E-state index in [1.807, 2.05) is 0 Å². The lowest BCUT2D eigenvalue weighted by Crippen LogP contribution is -2.40. The van der Waals surface area contributed by atoms with Crippen molar-refractivity contribution >= 4 is 5.82 Å². The van der Waals surface area contributed by atoms with Gasteiger partial charge >= 0.3 is 0 Å². The molecular weight excluding hydrogens is 238 g/mol. The minimum Gasteiger partial charge on any atom is -0.377 e. The molecule has 0 spiro atoms. The Morgan fingerprint density at radius 1 is 1.05 bits per heavy atom. The van der Waals surface area contributed by atoms with Gasteiger partial charge in [0.05, 0.1) is 24.9 Å². The summed E-state index contributed by atoms with van der Waals surface area (Å²) in [5.41, 5.74) is 1.05. The van der Waals surface area contributed by atoms with Gasteiger partial charge in [-0.2, -0.15) is 0 Å². The summed E-state index contributed by atoms with van der Waals surface area (Å²) in [6.45, 7) is 14.5. The third-order valence-corrected chi connectivity index (χ3v) is 3.16. The molecule has 0 saturated carbocycles. The fraction of sp³-hybridized carbons (Fsp3) is 0.733. The highest BCUT2D eigenvalue weighted by molar-refractivity contribution is 5.40. The molecule has 1 aromatic rings. The second-order valence-corrected chi connectivity index (χ2v) is 7.34. The smallest absolute Gasteiger partial charge is 0.136 e. The number of rotatable bonds is 2. The van der Waals surface area contributed by atoms with Gasteiger partial charge < -0.3 is 10.1 Å². The molecular formula is C15H25N3O. The summed E-state index contributed by atoms with van der Waals surface area (Å²) in [6, 6.07) is 2.45. The number of hydrogen-bond donors (Lipinski definition) is 1. The standard InChI is InChI=1S/C15H25N3O/c1-14(2,3)11-7-12(16-10-8-19-9-10)18-13(17-11)15(4,5)6/h7,10H,8-9H2,1-6H3,(H,16,17,18). The Labute approximate surface area is 116 Å². The van der Waals surface area contributed by atoms with Crippen molar-refractivity contribution in [1.29, 1.82) is 0 Å². The van der Waals surface area contributed by atoms with E-state index in [0.29, 0.717) is 6.04 Å². The van der Waals surface area contributed by atoms with Crippen LogP contribution in [-0.4, -0.2) is 29.2 Å². The van der Waals surface area contributed by atoms with E-state index in [4.69, 9.17) is 9.72 Å². The number of nitrogens with one attached hydrogen (secondary N) is 1. The SMILES string of the molecule is CC(C)(C)c1cc(NC2COC2)nc(C(C)(C)C)n1. The maximum absolute atomic E-state index is 5.20. The van der Waals surface area contributed by atoms with Crippen LogP contribution in [0.5, 0.6) is 0 Å². The van der Waals surface area contributed by atoms with E-state index >= 15 is 0 Å². The van der Waals surface area contributed by atoms with E-state index in [9.17, 15) is 0 Å². The molecule has 1 aliphatic heterocycles. The summed E-state index contributed by atoms with van der Waals surface area (Å²) in [5.74, 6) is 1.81.